The Hall–Kier alpha value is -0.900. The summed E-state index contributed by atoms with van der Waals surface area (Å²) >= 11 is 0. The molecule has 1 saturated carbocycles. The van der Waals surface area contributed by atoms with Gasteiger partial charge in [0.05, 0.1) is 6.04 Å². The zero-order valence-electron chi connectivity index (χ0n) is 9.12. The lowest BCUT2D eigenvalue weighted by atomic mass is 10.1. The molecular weight excluding hydrogens is 190 g/mol. The SMILES string of the molecule is CC1(c2noc([C@@H]3CCCCN3)n2)CC1. The van der Waals surface area contributed by atoms with Crippen molar-refractivity contribution in [2.45, 2.75) is 50.5 Å². The quantitative estimate of drug-likeness (QED) is 0.805. The van der Waals surface area contributed by atoms with Crippen LogP contribution in [0.2, 0.25) is 0 Å². The van der Waals surface area contributed by atoms with Crippen molar-refractivity contribution >= 4 is 0 Å². The first-order chi connectivity index (χ1) is 7.28. The normalized spacial score (nSPS) is 29.0. The van der Waals surface area contributed by atoms with Gasteiger partial charge in [-0.3, -0.25) is 0 Å². The lowest BCUT2D eigenvalue weighted by Crippen LogP contribution is -2.27. The Bertz CT molecular complexity index is 350. The molecule has 1 aliphatic heterocycles. The van der Waals surface area contributed by atoms with E-state index in [0.717, 1.165) is 24.7 Å². The largest absolute Gasteiger partial charge is 0.338 e. The van der Waals surface area contributed by atoms with Crippen LogP contribution in [0.15, 0.2) is 4.52 Å². The van der Waals surface area contributed by atoms with Crippen molar-refractivity contribution in [1.82, 2.24) is 15.5 Å². The van der Waals surface area contributed by atoms with Crippen molar-refractivity contribution in [2.75, 3.05) is 6.54 Å². The second-order valence-electron chi connectivity index (χ2n) is 5.02. The number of aromatic nitrogens is 2. The molecule has 0 amide bonds. The summed E-state index contributed by atoms with van der Waals surface area (Å²) in [5.41, 5.74) is 0.219. The van der Waals surface area contributed by atoms with Crippen LogP contribution in [0.25, 0.3) is 0 Å². The van der Waals surface area contributed by atoms with Gasteiger partial charge in [0.2, 0.25) is 5.89 Å². The van der Waals surface area contributed by atoms with E-state index in [9.17, 15) is 0 Å². The summed E-state index contributed by atoms with van der Waals surface area (Å²) in [6.45, 7) is 3.27. The number of hydrogen-bond acceptors (Lipinski definition) is 4. The molecule has 1 aliphatic carbocycles. The van der Waals surface area contributed by atoms with Crippen molar-refractivity contribution < 1.29 is 4.52 Å². The smallest absolute Gasteiger partial charge is 0.243 e. The molecule has 1 aromatic heterocycles. The van der Waals surface area contributed by atoms with Gasteiger partial charge in [-0.15, -0.1) is 0 Å². The standard InChI is InChI=1S/C11H17N3O/c1-11(5-6-11)10-13-9(15-14-10)8-4-2-3-7-12-8/h8,12H,2-7H2,1H3/t8-/m0/s1. The summed E-state index contributed by atoms with van der Waals surface area (Å²) in [4.78, 5) is 4.53. The van der Waals surface area contributed by atoms with E-state index < -0.39 is 0 Å². The van der Waals surface area contributed by atoms with Gasteiger partial charge in [-0.2, -0.15) is 4.98 Å². The maximum absolute atomic E-state index is 5.35. The Kier molecular flexibility index (Phi) is 2.06. The summed E-state index contributed by atoms with van der Waals surface area (Å²) < 4.78 is 5.35. The van der Waals surface area contributed by atoms with Crippen LogP contribution in [0, 0.1) is 0 Å². The Morgan fingerprint density at radius 1 is 1.40 bits per heavy atom. The molecule has 2 aliphatic rings. The number of rotatable bonds is 2. The first-order valence-corrected chi connectivity index (χ1v) is 5.85. The molecule has 0 spiro atoms. The minimum atomic E-state index is 0.219. The zero-order chi connectivity index (χ0) is 10.3. The number of nitrogens with one attached hydrogen (secondary N) is 1. The van der Waals surface area contributed by atoms with E-state index in [0.29, 0.717) is 6.04 Å². The third-order valence-corrected chi connectivity index (χ3v) is 3.59. The van der Waals surface area contributed by atoms with Crippen LogP contribution in [0.5, 0.6) is 0 Å². The Morgan fingerprint density at radius 2 is 2.27 bits per heavy atom. The fourth-order valence-electron chi connectivity index (χ4n) is 2.10. The summed E-state index contributed by atoms with van der Waals surface area (Å²) in [7, 11) is 0. The third kappa shape index (κ3) is 1.67. The Labute approximate surface area is 89.4 Å². The lowest BCUT2D eigenvalue weighted by molar-refractivity contribution is 0.295. The van der Waals surface area contributed by atoms with Gasteiger partial charge in [0.25, 0.3) is 0 Å². The molecule has 1 aromatic rings. The minimum absolute atomic E-state index is 0.219. The molecule has 1 saturated heterocycles. The molecule has 3 rings (SSSR count). The van der Waals surface area contributed by atoms with Crippen LogP contribution in [-0.4, -0.2) is 16.7 Å². The van der Waals surface area contributed by atoms with E-state index in [4.69, 9.17) is 4.52 Å². The average Bonchev–Trinajstić information content (AvgIpc) is 2.85. The van der Waals surface area contributed by atoms with Gasteiger partial charge in [0.15, 0.2) is 5.82 Å². The molecule has 15 heavy (non-hydrogen) atoms. The molecule has 4 heteroatoms. The number of hydrogen-bond donors (Lipinski definition) is 1. The summed E-state index contributed by atoms with van der Waals surface area (Å²) in [6.07, 6.45) is 6.04. The molecular formula is C11H17N3O. The monoisotopic (exact) mass is 207 g/mol. The van der Waals surface area contributed by atoms with Gasteiger partial charge >= 0.3 is 0 Å². The fraction of sp³-hybridized carbons (Fsp3) is 0.818. The highest BCUT2D eigenvalue weighted by Crippen LogP contribution is 2.46. The molecule has 1 atom stereocenters. The predicted octanol–water partition coefficient (Wildman–Crippen LogP) is 1.94. The van der Waals surface area contributed by atoms with Crippen molar-refractivity contribution in [3.05, 3.63) is 11.7 Å². The highest BCUT2D eigenvalue weighted by atomic mass is 16.5. The van der Waals surface area contributed by atoms with Crippen LogP contribution < -0.4 is 5.32 Å². The highest BCUT2D eigenvalue weighted by Gasteiger charge is 2.43. The second-order valence-corrected chi connectivity index (χ2v) is 5.02. The number of piperidine rings is 1. The van der Waals surface area contributed by atoms with Gasteiger partial charge in [-0.25, -0.2) is 0 Å². The van der Waals surface area contributed by atoms with Crippen molar-refractivity contribution in [2.24, 2.45) is 0 Å². The van der Waals surface area contributed by atoms with Crippen molar-refractivity contribution in [3.8, 4) is 0 Å². The van der Waals surface area contributed by atoms with Gasteiger partial charge in [0, 0.05) is 5.41 Å². The van der Waals surface area contributed by atoms with Crippen LogP contribution in [0.1, 0.15) is 56.8 Å². The molecule has 0 radical (unpaired) electrons. The number of nitrogens with zero attached hydrogens (tertiary/aromatic N) is 2. The Morgan fingerprint density at radius 3 is 2.93 bits per heavy atom. The molecule has 4 nitrogen and oxygen atoms in total. The molecule has 0 bridgehead atoms. The minimum Gasteiger partial charge on any atom is -0.338 e. The van der Waals surface area contributed by atoms with Gasteiger partial charge < -0.3 is 9.84 Å². The van der Waals surface area contributed by atoms with E-state index in [-0.39, 0.29) is 5.41 Å². The molecule has 0 unspecified atom stereocenters. The summed E-state index contributed by atoms with van der Waals surface area (Å²) in [5, 5.41) is 7.52. The van der Waals surface area contributed by atoms with Gasteiger partial charge in [0.1, 0.15) is 0 Å². The van der Waals surface area contributed by atoms with E-state index in [1.54, 1.807) is 0 Å². The van der Waals surface area contributed by atoms with E-state index in [2.05, 4.69) is 22.4 Å². The zero-order valence-corrected chi connectivity index (χ0v) is 9.12. The lowest BCUT2D eigenvalue weighted by Gasteiger charge is -2.19. The first-order valence-electron chi connectivity index (χ1n) is 5.85. The first kappa shape index (κ1) is 9.33. The predicted molar refractivity (Wildman–Crippen MR) is 55.5 cm³/mol. The highest BCUT2D eigenvalue weighted by molar-refractivity contribution is 5.14. The average molecular weight is 207 g/mol. The van der Waals surface area contributed by atoms with E-state index in [1.165, 1.54) is 25.7 Å². The molecule has 2 heterocycles. The molecule has 2 fully saturated rings. The van der Waals surface area contributed by atoms with Crippen molar-refractivity contribution in [1.29, 1.82) is 0 Å². The second kappa shape index (κ2) is 3.30. The summed E-state index contributed by atoms with van der Waals surface area (Å²) in [5.74, 6) is 1.70. The van der Waals surface area contributed by atoms with E-state index in [1.807, 2.05) is 0 Å². The van der Waals surface area contributed by atoms with Crippen molar-refractivity contribution in [3.63, 3.8) is 0 Å². The maximum Gasteiger partial charge on any atom is 0.243 e. The molecule has 1 N–H and O–H groups in total. The maximum atomic E-state index is 5.35. The third-order valence-electron chi connectivity index (χ3n) is 3.59. The van der Waals surface area contributed by atoms with E-state index >= 15 is 0 Å². The van der Waals surface area contributed by atoms with Crippen LogP contribution in [0.3, 0.4) is 0 Å². The summed E-state index contributed by atoms with van der Waals surface area (Å²) in [6, 6.07) is 0.294. The van der Waals surface area contributed by atoms with Gasteiger partial charge in [-0.1, -0.05) is 18.5 Å². The molecule has 0 aromatic carbocycles. The van der Waals surface area contributed by atoms with Crippen LogP contribution in [-0.2, 0) is 5.41 Å². The topological polar surface area (TPSA) is 51.0 Å². The molecule has 82 valence electrons. The fourth-order valence-corrected chi connectivity index (χ4v) is 2.10. The van der Waals surface area contributed by atoms with Crippen LogP contribution >= 0.6 is 0 Å². The van der Waals surface area contributed by atoms with Crippen LogP contribution in [0.4, 0.5) is 0 Å². The Balaban J connectivity index is 1.77. The van der Waals surface area contributed by atoms with Gasteiger partial charge in [-0.05, 0) is 32.2 Å².